The number of nitrogens with one attached hydrogen (secondary N) is 2. The summed E-state index contributed by atoms with van der Waals surface area (Å²) in [5, 5.41) is 9.79. The quantitative estimate of drug-likeness (QED) is 0.339. The number of halogens is 4. The number of aromatic nitrogens is 4. The Balaban J connectivity index is 1.50. The maximum absolute atomic E-state index is 14.0. The van der Waals surface area contributed by atoms with Crippen LogP contribution in [0.2, 0.25) is 0 Å². The number of H-pyrrole nitrogens is 1. The van der Waals surface area contributed by atoms with Crippen molar-refractivity contribution in [3.05, 3.63) is 78.0 Å². The van der Waals surface area contributed by atoms with Crippen LogP contribution in [-0.4, -0.2) is 25.5 Å². The third-order valence-electron chi connectivity index (χ3n) is 5.22. The Morgan fingerprint density at radius 2 is 1.94 bits per heavy atom. The highest BCUT2D eigenvalue weighted by molar-refractivity contribution is 6.04. The van der Waals surface area contributed by atoms with Gasteiger partial charge in [0.15, 0.2) is 5.82 Å². The number of amides is 1. The van der Waals surface area contributed by atoms with E-state index in [1.54, 1.807) is 18.3 Å². The summed E-state index contributed by atoms with van der Waals surface area (Å²) >= 11 is 0. The van der Waals surface area contributed by atoms with Gasteiger partial charge in [0.05, 0.1) is 28.4 Å². The molecule has 0 aliphatic carbocycles. The van der Waals surface area contributed by atoms with Gasteiger partial charge in [-0.05, 0) is 47.5 Å². The molecule has 166 valence electrons. The molecule has 2 aromatic carbocycles. The van der Waals surface area contributed by atoms with Crippen molar-refractivity contribution in [2.45, 2.75) is 6.18 Å². The van der Waals surface area contributed by atoms with Crippen molar-refractivity contribution < 1.29 is 22.4 Å². The molecule has 0 saturated heterocycles. The zero-order chi connectivity index (χ0) is 23.3. The molecule has 0 atom stereocenters. The van der Waals surface area contributed by atoms with E-state index < -0.39 is 29.2 Å². The van der Waals surface area contributed by atoms with Crippen molar-refractivity contribution in [1.82, 2.24) is 19.6 Å². The van der Waals surface area contributed by atoms with Crippen molar-refractivity contribution >= 4 is 34.0 Å². The van der Waals surface area contributed by atoms with Gasteiger partial charge in [0.1, 0.15) is 17.2 Å². The molecule has 0 aliphatic heterocycles. The van der Waals surface area contributed by atoms with Crippen molar-refractivity contribution in [2.24, 2.45) is 0 Å². The average molecular weight is 454 g/mol. The number of imidazole rings is 1. The predicted molar refractivity (Wildman–Crippen MR) is 114 cm³/mol. The lowest BCUT2D eigenvalue weighted by atomic mass is 10.0. The number of pyridine rings is 1. The van der Waals surface area contributed by atoms with Gasteiger partial charge in [-0.25, -0.2) is 9.37 Å². The molecular weight excluding hydrogens is 440 g/mol. The Morgan fingerprint density at radius 3 is 2.73 bits per heavy atom. The Kier molecular flexibility index (Phi) is 4.55. The molecule has 0 unspecified atom stereocenters. The number of benzene rings is 2. The van der Waals surface area contributed by atoms with E-state index in [4.69, 9.17) is 5.73 Å². The van der Waals surface area contributed by atoms with E-state index in [9.17, 15) is 22.4 Å². The number of fused-ring (bicyclic) bond motifs is 2. The lowest BCUT2D eigenvalue weighted by Crippen LogP contribution is -2.16. The van der Waals surface area contributed by atoms with Gasteiger partial charge in [0.25, 0.3) is 5.91 Å². The summed E-state index contributed by atoms with van der Waals surface area (Å²) < 4.78 is 54.3. The molecule has 0 bridgehead atoms. The molecule has 1 amide bonds. The molecule has 33 heavy (non-hydrogen) atoms. The highest BCUT2D eigenvalue weighted by Gasteiger charge is 2.31. The van der Waals surface area contributed by atoms with Crippen LogP contribution >= 0.6 is 0 Å². The first kappa shape index (κ1) is 20.5. The number of hydrogen-bond donors (Lipinski definition) is 3. The van der Waals surface area contributed by atoms with Crippen molar-refractivity contribution in [3.8, 4) is 11.1 Å². The minimum atomic E-state index is -4.67. The standard InChI is InChI=1S/C22H14F4N6O/c23-14-5-4-12(22(24,25)26)9-16(14)29-21(33)17-10-28-18-8-11(6-7-32(17)18)13-2-1-3-15-19(13)20(27)31-30-15/h1-10H,(H,29,33)(H3,27,30,31). The van der Waals surface area contributed by atoms with Gasteiger partial charge in [-0.1, -0.05) is 12.1 Å². The lowest BCUT2D eigenvalue weighted by molar-refractivity contribution is -0.137. The fourth-order valence-electron chi connectivity index (χ4n) is 3.64. The Bertz CT molecular complexity index is 1540. The van der Waals surface area contributed by atoms with Crippen LogP contribution in [0.25, 0.3) is 27.7 Å². The molecule has 4 N–H and O–H groups in total. The van der Waals surface area contributed by atoms with Gasteiger partial charge in [0.2, 0.25) is 0 Å². The van der Waals surface area contributed by atoms with E-state index in [0.717, 1.165) is 22.0 Å². The molecule has 0 fully saturated rings. The van der Waals surface area contributed by atoms with E-state index in [2.05, 4.69) is 20.5 Å². The van der Waals surface area contributed by atoms with E-state index in [1.165, 1.54) is 10.6 Å². The van der Waals surface area contributed by atoms with E-state index in [0.29, 0.717) is 29.7 Å². The normalized spacial score (nSPS) is 11.9. The summed E-state index contributed by atoms with van der Waals surface area (Å²) in [6, 6.07) is 10.8. The second-order valence-electron chi connectivity index (χ2n) is 7.27. The molecule has 5 rings (SSSR count). The zero-order valence-corrected chi connectivity index (χ0v) is 16.6. The van der Waals surface area contributed by atoms with Crippen molar-refractivity contribution in [1.29, 1.82) is 0 Å². The van der Waals surface area contributed by atoms with Crippen LogP contribution < -0.4 is 11.1 Å². The molecule has 0 spiro atoms. The van der Waals surface area contributed by atoms with Crippen LogP contribution in [-0.2, 0) is 6.18 Å². The van der Waals surface area contributed by atoms with Crippen LogP contribution in [0.4, 0.5) is 29.1 Å². The summed E-state index contributed by atoms with van der Waals surface area (Å²) in [5.74, 6) is -1.46. The minimum Gasteiger partial charge on any atom is -0.382 e. The first-order chi connectivity index (χ1) is 15.7. The number of carbonyl (C=O) groups is 1. The second-order valence-corrected chi connectivity index (χ2v) is 7.27. The highest BCUT2D eigenvalue weighted by Crippen LogP contribution is 2.33. The van der Waals surface area contributed by atoms with E-state index >= 15 is 0 Å². The largest absolute Gasteiger partial charge is 0.416 e. The van der Waals surface area contributed by atoms with Crippen molar-refractivity contribution in [3.63, 3.8) is 0 Å². The summed E-state index contributed by atoms with van der Waals surface area (Å²) in [6.45, 7) is 0. The topological polar surface area (TPSA) is 101 Å². The Morgan fingerprint density at radius 1 is 1.12 bits per heavy atom. The summed E-state index contributed by atoms with van der Waals surface area (Å²) in [5.41, 5.74) is 7.08. The molecule has 0 saturated carbocycles. The van der Waals surface area contributed by atoms with Gasteiger partial charge < -0.3 is 11.1 Å². The van der Waals surface area contributed by atoms with E-state index in [1.807, 2.05) is 18.2 Å². The van der Waals surface area contributed by atoms with Gasteiger partial charge >= 0.3 is 6.18 Å². The maximum atomic E-state index is 14.0. The van der Waals surface area contributed by atoms with Crippen LogP contribution in [0.5, 0.6) is 0 Å². The number of hydrogen-bond acceptors (Lipinski definition) is 4. The third-order valence-corrected chi connectivity index (χ3v) is 5.22. The summed E-state index contributed by atoms with van der Waals surface area (Å²) in [7, 11) is 0. The first-order valence-corrected chi connectivity index (χ1v) is 9.60. The second kappa shape index (κ2) is 7.33. The third kappa shape index (κ3) is 3.53. The molecular formula is C22H14F4N6O. The predicted octanol–water partition coefficient (Wildman–Crippen LogP) is 4.87. The number of alkyl halides is 3. The molecule has 3 heterocycles. The molecule has 7 nitrogen and oxygen atoms in total. The van der Waals surface area contributed by atoms with Crippen LogP contribution in [0.3, 0.4) is 0 Å². The molecule has 5 aromatic rings. The maximum Gasteiger partial charge on any atom is 0.416 e. The number of anilines is 2. The molecule has 0 aliphatic rings. The minimum absolute atomic E-state index is 0.0226. The fourth-order valence-corrected chi connectivity index (χ4v) is 3.64. The Hall–Kier alpha value is -4.41. The van der Waals surface area contributed by atoms with Crippen LogP contribution in [0.1, 0.15) is 16.1 Å². The number of carbonyl (C=O) groups excluding carboxylic acids is 1. The zero-order valence-electron chi connectivity index (χ0n) is 16.6. The smallest absolute Gasteiger partial charge is 0.382 e. The monoisotopic (exact) mass is 454 g/mol. The van der Waals surface area contributed by atoms with Crippen LogP contribution in [0.15, 0.2) is 60.9 Å². The number of rotatable bonds is 3. The molecule has 0 radical (unpaired) electrons. The molecule has 3 aromatic heterocycles. The Labute approximate surface area is 182 Å². The fraction of sp³-hybridized carbons (Fsp3) is 0.0455. The number of aromatic amines is 1. The average Bonchev–Trinajstić information content (AvgIpc) is 3.37. The lowest BCUT2D eigenvalue weighted by Gasteiger charge is -2.11. The number of nitrogens with two attached hydrogens (primary N) is 1. The summed E-state index contributed by atoms with van der Waals surface area (Å²) in [6.07, 6.45) is -1.83. The first-order valence-electron chi connectivity index (χ1n) is 9.60. The number of nitrogen functional groups attached to an aromatic ring is 1. The number of nitrogens with zero attached hydrogens (tertiary/aromatic N) is 3. The van der Waals surface area contributed by atoms with E-state index in [-0.39, 0.29) is 5.69 Å². The van der Waals surface area contributed by atoms with Crippen molar-refractivity contribution in [2.75, 3.05) is 11.1 Å². The SMILES string of the molecule is Nc1n[nH]c2cccc(-c3ccn4c(C(=O)Nc5cc(C(F)(F)F)ccc5F)cnc4c3)c12. The van der Waals surface area contributed by atoms with Gasteiger partial charge in [-0.3, -0.25) is 14.3 Å². The van der Waals surface area contributed by atoms with Crippen LogP contribution in [0, 0.1) is 5.82 Å². The van der Waals surface area contributed by atoms with Gasteiger partial charge in [-0.2, -0.15) is 18.3 Å². The summed E-state index contributed by atoms with van der Waals surface area (Å²) in [4.78, 5) is 16.9. The highest BCUT2D eigenvalue weighted by atomic mass is 19.4. The van der Waals surface area contributed by atoms with Gasteiger partial charge in [0, 0.05) is 6.20 Å². The molecule has 11 heteroatoms. The van der Waals surface area contributed by atoms with Gasteiger partial charge in [-0.15, -0.1) is 0 Å².